The van der Waals surface area contributed by atoms with Gasteiger partial charge in [0.2, 0.25) is 0 Å². The van der Waals surface area contributed by atoms with E-state index in [4.69, 9.17) is 0 Å². The maximum atomic E-state index is 12.5. The number of nitrogens with one attached hydrogen (secondary N) is 2. The van der Waals surface area contributed by atoms with E-state index < -0.39 is 11.7 Å². The van der Waals surface area contributed by atoms with Crippen LogP contribution in [0.5, 0.6) is 0 Å². The number of nitrogens with zero attached hydrogens (tertiary/aromatic N) is 1. The molecule has 2 rings (SSSR count). The van der Waals surface area contributed by atoms with Gasteiger partial charge in [-0.15, -0.1) is 24.0 Å². The molecule has 1 aromatic rings. The van der Waals surface area contributed by atoms with Crippen molar-refractivity contribution in [3.63, 3.8) is 0 Å². The van der Waals surface area contributed by atoms with Gasteiger partial charge < -0.3 is 10.6 Å². The van der Waals surface area contributed by atoms with Crippen molar-refractivity contribution in [3.05, 3.63) is 35.4 Å². The molecule has 0 aromatic heterocycles. The number of rotatable bonds is 6. The molecule has 0 heterocycles. The maximum absolute atomic E-state index is 12.5. The third-order valence-corrected chi connectivity index (χ3v) is 3.54. The average molecular weight is 441 g/mol. The molecule has 1 aliphatic rings. The number of halogens is 4. The summed E-state index contributed by atoms with van der Waals surface area (Å²) in [7, 11) is 0. The molecule has 0 spiro atoms. The van der Waals surface area contributed by atoms with Gasteiger partial charge in [-0.3, -0.25) is 4.99 Å². The number of hydrogen-bond acceptors (Lipinski definition) is 1. The minimum atomic E-state index is -4.27. The van der Waals surface area contributed by atoms with E-state index in [0.717, 1.165) is 42.7 Å². The lowest BCUT2D eigenvalue weighted by Gasteiger charge is -2.12. The van der Waals surface area contributed by atoms with Crippen molar-refractivity contribution in [2.24, 2.45) is 10.9 Å². The second-order valence-electron chi connectivity index (χ2n) is 5.53. The molecule has 1 aromatic carbocycles. The Hall–Kier alpha value is -0.990. The number of hydrogen-bond donors (Lipinski definition) is 2. The molecule has 1 saturated carbocycles. The van der Waals surface area contributed by atoms with Crippen molar-refractivity contribution in [1.82, 2.24) is 10.6 Å². The minimum Gasteiger partial charge on any atom is -0.357 e. The summed E-state index contributed by atoms with van der Waals surface area (Å²) in [5.41, 5.74) is 0.266. The van der Waals surface area contributed by atoms with E-state index in [1.165, 1.54) is 25.0 Å². The smallest absolute Gasteiger partial charge is 0.357 e. The van der Waals surface area contributed by atoms with Crippen LogP contribution in [-0.2, 0) is 12.6 Å². The number of alkyl halides is 3. The number of benzene rings is 1. The molecule has 7 heteroatoms. The molecule has 1 fully saturated rings. The monoisotopic (exact) mass is 441 g/mol. The summed E-state index contributed by atoms with van der Waals surface area (Å²) in [6.45, 7) is 4.28. The highest BCUT2D eigenvalue weighted by Crippen LogP contribution is 2.29. The van der Waals surface area contributed by atoms with Gasteiger partial charge in [0.1, 0.15) is 0 Å². The summed E-state index contributed by atoms with van der Waals surface area (Å²) in [6, 6.07) is 5.31. The maximum Gasteiger partial charge on any atom is 0.416 e. The predicted molar refractivity (Wildman–Crippen MR) is 97.3 cm³/mol. The van der Waals surface area contributed by atoms with Crippen LogP contribution < -0.4 is 10.6 Å². The molecule has 0 amide bonds. The largest absolute Gasteiger partial charge is 0.416 e. The first kappa shape index (κ1) is 20.1. The number of guanidine groups is 1. The Bertz CT molecular complexity index is 496. The van der Waals surface area contributed by atoms with Crippen molar-refractivity contribution < 1.29 is 13.2 Å². The average Bonchev–Trinajstić information content (AvgIpc) is 3.28. The Morgan fingerprint density at radius 3 is 2.35 bits per heavy atom. The van der Waals surface area contributed by atoms with Crippen LogP contribution in [-0.4, -0.2) is 25.6 Å². The standard InChI is InChI=1S/C16H22F3N3.HI/c1-2-20-15(22-11-13-3-4-13)21-10-9-12-5-7-14(8-6-12)16(17,18)19;/h5-8,13H,2-4,9-11H2,1H3,(H2,20,21,22);1H. The van der Waals surface area contributed by atoms with Crippen molar-refractivity contribution in [2.45, 2.75) is 32.4 Å². The molecule has 0 bridgehead atoms. The van der Waals surface area contributed by atoms with Gasteiger partial charge in [0.15, 0.2) is 5.96 Å². The highest BCUT2D eigenvalue weighted by molar-refractivity contribution is 14.0. The Labute approximate surface area is 152 Å². The van der Waals surface area contributed by atoms with Gasteiger partial charge >= 0.3 is 6.18 Å². The Morgan fingerprint density at radius 2 is 1.83 bits per heavy atom. The molecule has 0 unspecified atom stereocenters. The molecule has 23 heavy (non-hydrogen) atoms. The first-order valence-corrected chi connectivity index (χ1v) is 7.67. The van der Waals surface area contributed by atoms with Gasteiger partial charge in [-0.25, -0.2) is 0 Å². The first-order chi connectivity index (χ1) is 10.5. The molecular formula is C16H23F3IN3. The van der Waals surface area contributed by atoms with Crippen molar-refractivity contribution in [1.29, 1.82) is 0 Å². The fraction of sp³-hybridized carbons (Fsp3) is 0.562. The fourth-order valence-corrected chi connectivity index (χ4v) is 2.05. The van der Waals surface area contributed by atoms with Crippen LogP contribution in [0.25, 0.3) is 0 Å². The van der Waals surface area contributed by atoms with Gasteiger partial charge in [-0.1, -0.05) is 12.1 Å². The van der Waals surface area contributed by atoms with E-state index in [9.17, 15) is 13.2 Å². The molecule has 3 nitrogen and oxygen atoms in total. The molecule has 2 N–H and O–H groups in total. The van der Waals surface area contributed by atoms with Crippen LogP contribution in [0, 0.1) is 5.92 Å². The van der Waals surface area contributed by atoms with Gasteiger partial charge in [-0.05, 0) is 49.8 Å². The Kier molecular flexibility index (Phi) is 8.15. The van der Waals surface area contributed by atoms with E-state index in [-0.39, 0.29) is 24.0 Å². The van der Waals surface area contributed by atoms with Gasteiger partial charge in [0.05, 0.1) is 5.56 Å². The lowest BCUT2D eigenvalue weighted by atomic mass is 10.1. The topological polar surface area (TPSA) is 36.4 Å². The zero-order valence-corrected chi connectivity index (χ0v) is 15.4. The van der Waals surface area contributed by atoms with E-state index in [2.05, 4.69) is 15.6 Å². The van der Waals surface area contributed by atoms with Crippen molar-refractivity contribution in [2.75, 3.05) is 19.6 Å². The lowest BCUT2D eigenvalue weighted by Crippen LogP contribution is -2.38. The quantitative estimate of drug-likeness (QED) is 0.400. The van der Waals surface area contributed by atoms with E-state index in [1.807, 2.05) is 6.92 Å². The van der Waals surface area contributed by atoms with E-state index in [1.54, 1.807) is 0 Å². The zero-order chi connectivity index (χ0) is 16.0. The molecule has 1 aliphatic carbocycles. The fourth-order valence-electron chi connectivity index (χ4n) is 2.05. The van der Waals surface area contributed by atoms with Crippen LogP contribution in [0.15, 0.2) is 29.3 Å². The second kappa shape index (κ2) is 9.34. The van der Waals surface area contributed by atoms with Crippen LogP contribution in [0.2, 0.25) is 0 Å². The summed E-state index contributed by atoms with van der Waals surface area (Å²) in [4.78, 5) is 4.50. The molecule has 0 aliphatic heterocycles. The van der Waals surface area contributed by atoms with Crippen molar-refractivity contribution >= 4 is 29.9 Å². The minimum absolute atomic E-state index is 0. The van der Waals surface area contributed by atoms with Gasteiger partial charge in [0, 0.05) is 19.6 Å². The summed E-state index contributed by atoms with van der Waals surface area (Å²) in [6.07, 6.45) is -1.10. The lowest BCUT2D eigenvalue weighted by molar-refractivity contribution is -0.137. The van der Waals surface area contributed by atoms with Gasteiger partial charge in [0.25, 0.3) is 0 Å². The van der Waals surface area contributed by atoms with E-state index >= 15 is 0 Å². The van der Waals surface area contributed by atoms with Crippen LogP contribution in [0.1, 0.15) is 30.9 Å². The molecule has 130 valence electrons. The van der Waals surface area contributed by atoms with E-state index in [0.29, 0.717) is 13.0 Å². The molecule has 0 atom stereocenters. The first-order valence-electron chi connectivity index (χ1n) is 7.67. The van der Waals surface area contributed by atoms with Crippen LogP contribution >= 0.6 is 24.0 Å². The normalized spacial score (nSPS) is 15.0. The third-order valence-electron chi connectivity index (χ3n) is 3.54. The summed E-state index contributed by atoms with van der Waals surface area (Å²) < 4.78 is 37.4. The second-order valence-corrected chi connectivity index (χ2v) is 5.53. The Morgan fingerprint density at radius 1 is 1.17 bits per heavy atom. The number of aliphatic imine (C=N–C) groups is 1. The molecule has 0 radical (unpaired) electrons. The highest BCUT2D eigenvalue weighted by Gasteiger charge is 2.29. The third kappa shape index (κ3) is 7.41. The SMILES string of the molecule is CCNC(=NCC1CC1)NCCc1ccc(C(F)(F)F)cc1.I. The summed E-state index contributed by atoms with van der Waals surface area (Å²) >= 11 is 0. The van der Waals surface area contributed by atoms with Crippen molar-refractivity contribution in [3.8, 4) is 0 Å². The zero-order valence-electron chi connectivity index (χ0n) is 13.1. The molecular weight excluding hydrogens is 418 g/mol. The predicted octanol–water partition coefficient (Wildman–Crippen LogP) is 3.83. The summed E-state index contributed by atoms with van der Waals surface area (Å²) in [5.74, 6) is 1.51. The molecule has 0 saturated heterocycles. The van der Waals surface area contributed by atoms with Gasteiger partial charge in [-0.2, -0.15) is 13.2 Å². The van der Waals surface area contributed by atoms with Crippen LogP contribution in [0.4, 0.5) is 13.2 Å². The summed E-state index contributed by atoms with van der Waals surface area (Å²) in [5, 5.41) is 6.38. The highest BCUT2D eigenvalue weighted by atomic mass is 127. The van der Waals surface area contributed by atoms with Crippen LogP contribution in [0.3, 0.4) is 0 Å². The Balaban J connectivity index is 0.00000264.